The normalized spacial score (nSPS) is 11.8. The lowest BCUT2D eigenvalue weighted by Gasteiger charge is -2.32. The van der Waals surface area contributed by atoms with Gasteiger partial charge in [0.15, 0.2) is 0 Å². The highest BCUT2D eigenvalue weighted by Crippen LogP contribution is 2.10. The second-order valence-electron chi connectivity index (χ2n) is 4.40. The molecule has 0 atom stereocenters. The summed E-state index contributed by atoms with van der Waals surface area (Å²) in [4.78, 5) is 10.3. The SMILES string of the molecule is CN(C)C(C)(C)CNc1ncc(N)cn1. The van der Waals surface area contributed by atoms with Crippen molar-refractivity contribution in [2.45, 2.75) is 19.4 Å². The molecule has 0 bridgehead atoms. The molecule has 5 heteroatoms. The third-order valence-corrected chi connectivity index (χ3v) is 2.56. The Morgan fingerprint density at radius 2 is 1.87 bits per heavy atom. The van der Waals surface area contributed by atoms with Gasteiger partial charge in [-0.2, -0.15) is 0 Å². The largest absolute Gasteiger partial charge is 0.396 e. The summed E-state index contributed by atoms with van der Waals surface area (Å²) in [5, 5.41) is 3.17. The van der Waals surface area contributed by atoms with Crippen molar-refractivity contribution in [2.24, 2.45) is 0 Å². The van der Waals surface area contributed by atoms with E-state index in [2.05, 4.69) is 34.0 Å². The zero-order valence-corrected chi connectivity index (χ0v) is 9.78. The van der Waals surface area contributed by atoms with Gasteiger partial charge in [-0.15, -0.1) is 0 Å². The number of rotatable bonds is 4. The monoisotopic (exact) mass is 209 g/mol. The van der Waals surface area contributed by atoms with Crippen molar-refractivity contribution in [2.75, 3.05) is 31.7 Å². The third kappa shape index (κ3) is 3.36. The van der Waals surface area contributed by atoms with E-state index in [1.807, 2.05) is 14.1 Å². The number of hydrogen-bond donors (Lipinski definition) is 2. The Bertz CT molecular complexity index is 304. The van der Waals surface area contributed by atoms with Crippen molar-refractivity contribution in [3.05, 3.63) is 12.4 Å². The number of nitrogen functional groups attached to an aromatic ring is 1. The van der Waals surface area contributed by atoms with Crippen molar-refractivity contribution >= 4 is 11.6 Å². The maximum absolute atomic E-state index is 5.50. The first-order valence-electron chi connectivity index (χ1n) is 4.90. The molecule has 1 aromatic rings. The Kier molecular flexibility index (Phi) is 3.47. The summed E-state index contributed by atoms with van der Waals surface area (Å²) in [5.74, 6) is 0.610. The van der Waals surface area contributed by atoms with E-state index >= 15 is 0 Å². The van der Waals surface area contributed by atoms with E-state index in [1.165, 1.54) is 0 Å². The topological polar surface area (TPSA) is 67.1 Å². The van der Waals surface area contributed by atoms with Gasteiger partial charge in [-0.1, -0.05) is 0 Å². The van der Waals surface area contributed by atoms with Gasteiger partial charge in [0.2, 0.25) is 5.95 Å². The van der Waals surface area contributed by atoms with Crippen LogP contribution >= 0.6 is 0 Å². The second-order valence-corrected chi connectivity index (χ2v) is 4.40. The molecule has 15 heavy (non-hydrogen) atoms. The molecule has 0 amide bonds. The number of nitrogens with zero attached hydrogens (tertiary/aromatic N) is 3. The zero-order valence-electron chi connectivity index (χ0n) is 9.78. The van der Waals surface area contributed by atoms with Crippen LogP contribution in [0.4, 0.5) is 11.6 Å². The number of likely N-dealkylation sites (N-methyl/N-ethyl adjacent to an activating group) is 1. The van der Waals surface area contributed by atoms with E-state index in [9.17, 15) is 0 Å². The van der Waals surface area contributed by atoms with Gasteiger partial charge in [0.25, 0.3) is 0 Å². The van der Waals surface area contributed by atoms with Gasteiger partial charge in [0.05, 0.1) is 18.1 Å². The number of anilines is 2. The van der Waals surface area contributed by atoms with Gasteiger partial charge in [-0.25, -0.2) is 9.97 Å². The van der Waals surface area contributed by atoms with E-state index in [0.717, 1.165) is 6.54 Å². The van der Waals surface area contributed by atoms with Crippen LogP contribution in [0.2, 0.25) is 0 Å². The highest BCUT2D eigenvalue weighted by molar-refractivity contribution is 5.36. The number of nitrogens with one attached hydrogen (secondary N) is 1. The smallest absolute Gasteiger partial charge is 0.222 e. The summed E-state index contributed by atoms with van der Waals surface area (Å²) in [5.41, 5.74) is 6.13. The van der Waals surface area contributed by atoms with Crippen LogP contribution in [-0.4, -0.2) is 41.0 Å². The van der Waals surface area contributed by atoms with Crippen LogP contribution in [0.1, 0.15) is 13.8 Å². The molecule has 0 saturated heterocycles. The van der Waals surface area contributed by atoms with Crippen LogP contribution in [0.3, 0.4) is 0 Å². The average molecular weight is 209 g/mol. The molecule has 0 aromatic carbocycles. The van der Waals surface area contributed by atoms with Crippen molar-refractivity contribution in [3.63, 3.8) is 0 Å². The van der Waals surface area contributed by atoms with Gasteiger partial charge in [-0.3, -0.25) is 0 Å². The molecule has 0 saturated carbocycles. The van der Waals surface area contributed by atoms with Gasteiger partial charge in [0.1, 0.15) is 0 Å². The van der Waals surface area contributed by atoms with Gasteiger partial charge >= 0.3 is 0 Å². The number of aromatic nitrogens is 2. The van der Waals surface area contributed by atoms with Crippen LogP contribution in [0, 0.1) is 0 Å². The molecule has 1 heterocycles. The molecule has 3 N–H and O–H groups in total. The minimum absolute atomic E-state index is 0.0603. The molecule has 84 valence electrons. The standard InChI is InChI=1S/C10H19N5/c1-10(2,15(3)4)7-14-9-12-5-8(11)6-13-9/h5-6H,7,11H2,1-4H3,(H,12,13,14). The third-order valence-electron chi connectivity index (χ3n) is 2.56. The molecule has 0 aliphatic heterocycles. The minimum atomic E-state index is 0.0603. The number of hydrogen-bond acceptors (Lipinski definition) is 5. The lowest BCUT2D eigenvalue weighted by molar-refractivity contribution is 0.209. The predicted molar refractivity (Wildman–Crippen MR) is 62.7 cm³/mol. The van der Waals surface area contributed by atoms with E-state index < -0.39 is 0 Å². The van der Waals surface area contributed by atoms with E-state index in [-0.39, 0.29) is 5.54 Å². The highest BCUT2D eigenvalue weighted by Gasteiger charge is 2.20. The fraction of sp³-hybridized carbons (Fsp3) is 0.600. The van der Waals surface area contributed by atoms with Crippen molar-refractivity contribution in [3.8, 4) is 0 Å². The van der Waals surface area contributed by atoms with Gasteiger partial charge < -0.3 is 16.0 Å². The van der Waals surface area contributed by atoms with Crippen LogP contribution in [0.15, 0.2) is 12.4 Å². The second kappa shape index (κ2) is 4.44. The molecule has 0 unspecified atom stereocenters. The summed E-state index contributed by atoms with van der Waals surface area (Å²) in [6, 6.07) is 0. The van der Waals surface area contributed by atoms with Crippen molar-refractivity contribution < 1.29 is 0 Å². The average Bonchev–Trinajstić information content (AvgIpc) is 2.17. The molecule has 5 nitrogen and oxygen atoms in total. The van der Waals surface area contributed by atoms with E-state index in [1.54, 1.807) is 12.4 Å². The van der Waals surface area contributed by atoms with Crippen LogP contribution in [0.5, 0.6) is 0 Å². The fourth-order valence-corrected chi connectivity index (χ4v) is 0.883. The summed E-state index contributed by atoms with van der Waals surface area (Å²) >= 11 is 0. The first kappa shape index (κ1) is 11.7. The van der Waals surface area contributed by atoms with Crippen LogP contribution < -0.4 is 11.1 Å². The molecule has 0 aliphatic rings. The molecule has 0 radical (unpaired) electrons. The van der Waals surface area contributed by atoms with Crippen LogP contribution in [0.25, 0.3) is 0 Å². The van der Waals surface area contributed by atoms with Crippen molar-refractivity contribution in [1.29, 1.82) is 0 Å². The fourth-order valence-electron chi connectivity index (χ4n) is 0.883. The van der Waals surface area contributed by atoms with Crippen LogP contribution in [-0.2, 0) is 0 Å². The molecule has 0 aliphatic carbocycles. The number of nitrogens with two attached hydrogens (primary N) is 1. The Balaban J connectivity index is 2.54. The summed E-state index contributed by atoms with van der Waals surface area (Å²) in [6.07, 6.45) is 3.19. The Labute approximate surface area is 90.7 Å². The first-order chi connectivity index (χ1) is 6.92. The van der Waals surface area contributed by atoms with Gasteiger partial charge in [0, 0.05) is 12.1 Å². The predicted octanol–water partition coefficient (Wildman–Crippen LogP) is 0.811. The van der Waals surface area contributed by atoms with Gasteiger partial charge in [-0.05, 0) is 27.9 Å². The molecular formula is C10H19N5. The molecule has 1 aromatic heterocycles. The zero-order chi connectivity index (χ0) is 11.5. The molecule has 0 fully saturated rings. The summed E-state index contributed by atoms with van der Waals surface area (Å²) < 4.78 is 0. The quantitative estimate of drug-likeness (QED) is 0.768. The Hall–Kier alpha value is -1.36. The summed E-state index contributed by atoms with van der Waals surface area (Å²) in [6.45, 7) is 5.08. The van der Waals surface area contributed by atoms with E-state index in [0.29, 0.717) is 11.6 Å². The molecule has 0 spiro atoms. The molecular weight excluding hydrogens is 190 g/mol. The molecule has 1 rings (SSSR count). The Morgan fingerprint density at radius 3 is 2.33 bits per heavy atom. The maximum atomic E-state index is 5.50. The highest BCUT2D eigenvalue weighted by atomic mass is 15.2. The lowest BCUT2D eigenvalue weighted by Crippen LogP contribution is -2.44. The van der Waals surface area contributed by atoms with Crippen molar-refractivity contribution in [1.82, 2.24) is 14.9 Å². The Morgan fingerprint density at radius 1 is 1.33 bits per heavy atom. The lowest BCUT2D eigenvalue weighted by atomic mass is 10.1. The summed E-state index contributed by atoms with van der Waals surface area (Å²) in [7, 11) is 4.09. The maximum Gasteiger partial charge on any atom is 0.222 e. The minimum Gasteiger partial charge on any atom is -0.396 e. The van der Waals surface area contributed by atoms with E-state index in [4.69, 9.17) is 5.73 Å². The first-order valence-corrected chi connectivity index (χ1v) is 4.90.